The Morgan fingerprint density at radius 3 is 2.40 bits per heavy atom. The second-order valence-electron chi connectivity index (χ2n) is 7.72. The predicted octanol–water partition coefficient (Wildman–Crippen LogP) is 4.33. The van der Waals surface area contributed by atoms with Crippen molar-refractivity contribution < 1.29 is 13.5 Å². The smallest absolute Gasteiger partial charge is 0.130 e. The Morgan fingerprint density at radius 2 is 1.72 bits per heavy atom. The lowest BCUT2D eigenvalue weighted by molar-refractivity contribution is -0.0105. The summed E-state index contributed by atoms with van der Waals surface area (Å²) in [5, 5.41) is 0. The molecule has 1 saturated heterocycles. The van der Waals surface area contributed by atoms with Crippen molar-refractivity contribution in [3.63, 3.8) is 0 Å². The lowest BCUT2D eigenvalue weighted by Gasteiger charge is -2.27. The molecule has 2 aliphatic rings. The van der Waals surface area contributed by atoms with E-state index in [4.69, 9.17) is 4.74 Å². The van der Waals surface area contributed by atoms with Crippen molar-refractivity contribution in [1.29, 1.82) is 0 Å². The van der Waals surface area contributed by atoms with Crippen molar-refractivity contribution in [2.45, 2.75) is 45.0 Å². The van der Waals surface area contributed by atoms with E-state index in [0.717, 1.165) is 30.6 Å². The van der Waals surface area contributed by atoms with Gasteiger partial charge in [0.25, 0.3) is 0 Å². The largest absolute Gasteiger partial charge is 0.378 e. The van der Waals surface area contributed by atoms with Crippen LogP contribution in [-0.4, -0.2) is 20.6 Å². The molecule has 0 bridgehead atoms. The number of aryl methyl sites for hydroxylation is 1. The molecule has 0 saturated carbocycles. The van der Waals surface area contributed by atoms with E-state index < -0.39 is 0 Å². The van der Waals surface area contributed by atoms with Gasteiger partial charge >= 0.3 is 0 Å². The summed E-state index contributed by atoms with van der Waals surface area (Å²) in [6.45, 7) is 4.69. The number of fused-ring (bicyclic) bond motifs is 3. The topological polar surface area (TPSA) is 9.23 Å². The Labute approximate surface area is 148 Å². The number of benzene rings is 2. The molecule has 0 N–H and O–H groups in total. The molecule has 25 heavy (non-hydrogen) atoms. The van der Waals surface area contributed by atoms with Crippen molar-refractivity contribution in [3.8, 4) is 11.1 Å². The first-order valence-electron chi connectivity index (χ1n) is 9.19. The lowest BCUT2D eigenvalue weighted by atomic mass is 9.78. The van der Waals surface area contributed by atoms with E-state index in [2.05, 4.69) is 6.92 Å². The van der Waals surface area contributed by atoms with Crippen molar-refractivity contribution in [2.24, 2.45) is 5.92 Å². The number of hydrogen-bond donors (Lipinski definition) is 0. The maximum atomic E-state index is 15.3. The third-order valence-corrected chi connectivity index (χ3v) is 5.83. The minimum Gasteiger partial charge on any atom is -0.378 e. The highest BCUT2D eigenvalue weighted by atomic mass is 19.1. The third kappa shape index (κ3) is 2.71. The van der Waals surface area contributed by atoms with Crippen LogP contribution in [0.1, 0.15) is 47.8 Å². The normalized spacial score (nSPS) is 24.9. The third-order valence-electron chi connectivity index (χ3n) is 5.83. The molecule has 2 aromatic rings. The zero-order valence-electron chi connectivity index (χ0n) is 15.0. The van der Waals surface area contributed by atoms with Crippen molar-refractivity contribution in [1.82, 2.24) is 0 Å². The van der Waals surface area contributed by atoms with Gasteiger partial charge in [-0.2, -0.15) is 0 Å². The fraction of sp³-hybridized carbons (Fsp3) is 0.429. The van der Waals surface area contributed by atoms with Crippen LogP contribution >= 0.6 is 0 Å². The van der Waals surface area contributed by atoms with Gasteiger partial charge in [0.1, 0.15) is 19.5 Å². The van der Waals surface area contributed by atoms with Gasteiger partial charge in [-0.1, -0.05) is 31.2 Å². The monoisotopic (exact) mass is 340 g/mol. The molecule has 4 heteroatoms. The fourth-order valence-corrected chi connectivity index (χ4v) is 4.30. The molecule has 4 rings (SSSR count). The minimum absolute atomic E-state index is 0.0850. The second-order valence-corrected chi connectivity index (χ2v) is 7.72. The fourth-order valence-electron chi connectivity index (χ4n) is 4.30. The first kappa shape index (κ1) is 16.8. The van der Waals surface area contributed by atoms with Crippen LogP contribution in [0.25, 0.3) is 11.1 Å². The molecule has 2 aromatic carbocycles. The lowest BCUT2D eigenvalue weighted by Crippen LogP contribution is -2.26. The molecular formula is C21H23BF2O. The molecule has 0 amide bonds. The summed E-state index contributed by atoms with van der Waals surface area (Å²) in [4.78, 5) is 0. The summed E-state index contributed by atoms with van der Waals surface area (Å²) in [7, 11) is 1.90. The maximum Gasteiger partial charge on any atom is 0.130 e. The Morgan fingerprint density at radius 1 is 1.04 bits per heavy atom. The Balaban J connectivity index is 1.69. The average Bonchev–Trinajstić information content (AvgIpc) is 2.89. The zero-order valence-corrected chi connectivity index (χ0v) is 15.0. The quantitative estimate of drug-likeness (QED) is 0.740. The summed E-state index contributed by atoms with van der Waals surface area (Å²) in [5.74, 6) is -0.0498. The Kier molecular flexibility index (Phi) is 4.19. The highest BCUT2D eigenvalue weighted by Gasteiger charge is 2.33. The van der Waals surface area contributed by atoms with Crippen LogP contribution in [0.5, 0.6) is 0 Å². The number of hydrogen-bond acceptors (Lipinski definition) is 1. The summed E-state index contributed by atoms with van der Waals surface area (Å²) in [5.41, 5.74) is 4.24. The Bertz CT molecular complexity index is 825. The molecule has 1 nitrogen and oxygen atoms in total. The van der Waals surface area contributed by atoms with Crippen molar-refractivity contribution >= 4 is 7.85 Å². The van der Waals surface area contributed by atoms with Crippen LogP contribution in [0.2, 0.25) is 0 Å². The van der Waals surface area contributed by atoms with Gasteiger partial charge in [-0.25, -0.2) is 8.78 Å². The highest BCUT2D eigenvalue weighted by molar-refractivity contribution is 6.17. The first-order chi connectivity index (χ1) is 12.0. The van der Waals surface area contributed by atoms with E-state index in [9.17, 15) is 4.39 Å². The SMILES string of the molecule is BC1c2c(ccc(C)c2F)-c2ccc(CC3CCC(C)CO3)c(F)c21. The summed E-state index contributed by atoms with van der Waals surface area (Å²) in [6.07, 6.45) is 2.78. The van der Waals surface area contributed by atoms with E-state index in [-0.39, 0.29) is 23.6 Å². The van der Waals surface area contributed by atoms with Crippen LogP contribution in [0.4, 0.5) is 8.78 Å². The molecule has 1 fully saturated rings. The summed E-state index contributed by atoms with van der Waals surface area (Å²) >= 11 is 0. The van der Waals surface area contributed by atoms with Gasteiger partial charge in [0.15, 0.2) is 0 Å². The molecule has 1 aliphatic carbocycles. The molecular weight excluding hydrogens is 317 g/mol. The van der Waals surface area contributed by atoms with Gasteiger partial charge < -0.3 is 4.74 Å². The molecule has 3 atom stereocenters. The van der Waals surface area contributed by atoms with Crippen molar-refractivity contribution in [2.75, 3.05) is 6.61 Å². The Hall–Kier alpha value is -1.68. The molecule has 1 heterocycles. The van der Waals surface area contributed by atoms with E-state index in [1.165, 1.54) is 0 Å². The average molecular weight is 340 g/mol. The van der Waals surface area contributed by atoms with Gasteiger partial charge in [0, 0.05) is 13.0 Å². The molecule has 0 aromatic heterocycles. The van der Waals surface area contributed by atoms with Gasteiger partial charge in [-0.3, -0.25) is 0 Å². The highest BCUT2D eigenvalue weighted by Crippen LogP contribution is 2.46. The summed E-state index contributed by atoms with van der Waals surface area (Å²) in [6, 6.07) is 7.51. The molecule has 0 radical (unpaired) electrons. The minimum atomic E-state index is -0.253. The maximum absolute atomic E-state index is 15.3. The molecule has 1 aliphatic heterocycles. The number of ether oxygens (including phenoxy) is 1. The first-order valence-corrected chi connectivity index (χ1v) is 9.19. The van der Waals surface area contributed by atoms with Crippen LogP contribution in [0, 0.1) is 24.5 Å². The van der Waals surface area contributed by atoms with E-state index in [1.54, 1.807) is 13.0 Å². The van der Waals surface area contributed by atoms with Crippen LogP contribution in [-0.2, 0) is 11.2 Å². The summed E-state index contributed by atoms with van der Waals surface area (Å²) < 4.78 is 35.8. The van der Waals surface area contributed by atoms with Crippen LogP contribution in [0.15, 0.2) is 24.3 Å². The van der Waals surface area contributed by atoms with Gasteiger partial charge in [-0.15, -0.1) is 0 Å². The van der Waals surface area contributed by atoms with E-state index >= 15 is 4.39 Å². The van der Waals surface area contributed by atoms with Crippen LogP contribution < -0.4 is 0 Å². The number of halogens is 2. The standard InChI is InChI=1S/C21H23BF2O/c1-11-3-6-14(25-10-11)9-13-5-8-16-15-7-4-12(2)20(23)17(15)19(22)18(16)21(13)24/h4-5,7-8,11,14,19H,3,6,9-10,22H2,1-2H3. The van der Waals surface area contributed by atoms with E-state index in [1.807, 2.05) is 26.0 Å². The number of rotatable bonds is 2. The van der Waals surface area contributed by atoms with Crippen LogP contribution in [0.3, 0.4) is 0 Å². The van der Waals surface area contributed by atoms with Crippen molar-refractivity contribution in [3.05, 3.63) is 58.2 Å². The molecule has 3 unspecified atom stereocenters. The van der Waals surface area contributed by atoms with Gasteiger partial charge in [0.2, 0.25) is 0 Å². The second kappa shape index (κ2) is 6.24. The van der Waals surface area contributed by atoms with Gasteiger partial charge in [0.05, 0.1) is 6.10 Å². The van der Waals surface area contributed by atoms with E-state index in [0.29, 0.717) is 34.6 Å². The molecule has 0 spiro atoms. The zero-order chi connectivity index (χ0) is 17.7. The van der Waals surface area contributed by atoms with Gasteiger partial charge in [-0.05, 0) is 64.9 Å². The predicted molar refractivity (Wildman–Crippen MR) is 98.8 cm³/mol. The molecule has 130 valence electrons.